The van der Waals surface area contributed by atoms with Crippen molar-refractivity contribution in [3.8, 4) is 0 Å². The van der Waals surface area contributed by atoms with Crippen LogP contribution in [0.4, 0.5) is 17.6 Å². The summed E-state index contributed by atoms with van der Waals surface area (Å²) in [6.07, 6.45) is -3.06. The Bertz CT molecular complexity index is 813. The number of amides is 1. The average Bonchev–Trinajstić information content (AvgIpc) is 3.34. The third-order valence-corrected chi connectivity index (χ3v) is 5.03. The number of aromatic nitrogens is 2. The SMILES string of the molecule is CC(C(=O)NCc1ccc(F)cc1)n1nc(C(F)(F)F)c(Br)c1C1CC1. The highest BCUT2D eigenvalue weighted by Gasteiger charge is 2.42. The molecule has 1 aromatic carbocycles. The zero-order valence-electron chi connectivity index (χ0n) is 13.8. The molecule has 0 bridgehead atoms. The number of nitrogens with zero attached hydrogens (tertiary/aromatic N) is 2. The van der Waals surface area contributed by atoms with E-state index in [1.807, 2.05) is 0 Å². The van der Waals surface area contributed by atoms with Crippen LogP contribution in [0.25, 0.3) is 0 Å². The summed E-state index contributed by atoms with van der Waals surface area (Å²) in [5.41, 5.74) is 0.0753. The van der Waals surface area contributed by atoms with Crippen molar-refractivity contribution in [3.05, 3.63) is 51.5 Å². The van der Waals surface area contributed by atoms with Crippen LogP contribution in [0, 0.1) is 5.82 Å². The standard InChI is InChI=1S/C17H16BrF4N3O/c1-9(16(26)23-8-10-2-6-12(19)7-3-10)25-14(11-4-5-11)13(18)15(24-25)17(20,21)22/h2-3,6-7,9,11H,4-5,8H2,1H3,(H,23,26). The average molecular weight is 434 g/mol. The van der Waals surface area contributed by atoms with E-state index in [1.54, 1.807) is 0 Å². The van der Waals surface area contributed by atoms with E-state index >= 15 is 0 Å². The third-order valence-electron chi connectivity index (χ3n) is 4.25. The van der Waals surface area contributed by atoms with Crippen molar-refractivity contribution in [1.82, 2.24) is 15.1 Å². The first-order valence-corrected chi connectivity index (χ1v) is 8.85. The number of carbonyl (C=O) groups excluding carboxylic acids is 1. The lowest BCUT2D eigenvalue weighted by atomic mass is 10.2. The summed E-state index contributed by atoms with van der Waals surface area (Å²) in [5.74, 6) is -0.871. The molecule has 1 aliphatic carbocycles. The van der Waals surface area contributed by atoms with E-state index in [-0.39, 0.29) is 22.8 Å². The predicted molar refractivity (Wildman–Crippen MR) is 89.9 cm³/mol. The van der Waals surface area contributed by atoms with Gasteiger partial charge in [-0.15, -0.1) is 0 Å². The Hall–Kier alpha value is -1.90. The molecular formula is C17H16BrF4N3O. The Labute approximate surface area is 155 Å². The molecule has 1 N–H and O–H groups in total. The summed E-state index contributed by atoms with van der Waals surface area (Å²) in [5, 5.41) is 6.32. The Morgan fingerprint density at radius 1 is 1.35 bits per heavy atom. The summed E-state index contributed by atoms with van der Waals surface area (Å²) in [7, 11) is 0. The Kier molecular flexibility index (Phi) is 5.09. The molecule has 26 heavy (non-hydrogen) atoms. The molecule has 3 rings (SSSR count). The highest BCUT2D eigenvalue weighted by molar-refractivity contribution is 9.10. The summed E-state index contributed by atoms with van der Waals surface area (Å²) < 4.78 is 53.4. The maximum atomic E-state index is 13.2. The van der Waals surface area contributed by atoms with E-state index < -0.39 is 23.8 Å². The van der Waals surface area contributed by atoms with Crippen LogP contribution in [-0.2, 0) is 17.5 Å². The maximum absolute atomic E-state index is 13.2. The fourth-order valence-corrected chi connectivity index (χ4v) is 3.49. The molecule has 4 nitrogen and oxygen atoms in total. The molecule has 0 spiro atoms. The van der Waals surface area contributed by atoms with Crippen molar-refractivity contribution >= 4 is 21.8 Å². The largest absolute Gasteiger partial charge is 0.436 e. The minimum atomic E-state index is -4.60. The fraction of sp³-hybridized carbons (Fsp3) is 0.412. The lowest BCUT2D eigenvalue weighted by molar-refractivity contribution is -0.142. The van der Waals surface area contributed by atoms with Gasteiger partial charge in [0.1, 0.15) is 11.9 Å². The van der Waals surface area contributed by atoms with Gasteiger partial charge in [-0.25, -0.2) is 4.39 Å². The van der Waals surface area contributed by atoms with Crippen LogP contribution in [0.15, 0.2) is 28.7 Å². The number of halogens is 5. The van der Waals surface area contributed by atoms with E-state index in [0.29, 0.717) is 11.3 Å². The molecule has 1 aromatic heterocycles. The molecule has 1 saturated carbocycles. The van der Waals surface area contributed by atoms with E-state index in [1.165, 1.54) is 31.2 Å². The first-order chi connectivity index (χ1) is 12.2. The van der Waals surface area contributed by atoms with Gasteiger partial charge in [0.15, 0.2) is 5.69 Å². The molecule has 1 atom stereocenters. The van der Waals surface area contributed by atoms with Gasteiger partial charge in [-0.1, -0.05) is 12.1 Å². The van der Waals surface area contributed by atoms with Crippen molar-refractivity contribution in [1.29, 1.82) is 0 Å². The number of benzene rings is 1. The van der Waals surface area contributed by atoms with Gasteiger partial charge in [0, 0.05) is 12.5 Å². The van der Waals surface area contributed by atoms with Crippen LogP contribution in [0.3, 0.4) is 0 Å². The van der Waals surface area contributed by atoms with Gasteiger partial charge in [-0.05, 0) is 53.4 Å². The van der Waals surface area contributed by atoms with Gasteiger partial charge in [0.25, 0.3) is 0 Å². The van der Waals surface area contributed by atoms with E-state index in [0.717, 1.165) is 17.5 Å². The van der Waals surface area contributed by atoms with Gasteiger partial charge in [0.05, 0.1) is 10.2 Å². The van der Waals surface area contributed by atoms with E-state index in [9.17, 15) is 22.4 Å². The second-order valence-corrected chi connectivity index (χ2v) is 7.08. The Morgan fingerprint density at radius 3 is 2.50 bits per heavy atom. The Morgan fingerprint density at radius 2 is 1.96 bits per heavy atom. The first-order valence-electron chi connectivity index (χ1n) is 8.05. The second kappa shape index (κ2) is 7.02. The van der Waals surface area contributed by atoms with Gasteiger partial charge < -0.3 is 5.32 Å². The molecule has 0 saturated heterocycles. The number of rotatable bonds is 5. The highest BCUT2D eigenvalue weighted by atomic mass is 79.9. The van der Waals surface area contributed by atoms with Gasteiger partial charge >= 0.3 is 6.18 Å². The van der Waals surface area contributed by atoms with Gasteiger partial charge in [-0.2, -0.15) is 18.3 Å². The smallest absolute Gasteiger partial charge is 0.350 e. The molecule has 0 aliphatic heterocycles. The number of alkyl halides is 3. The summed E-state index contributed by atoms with van der Waals surface area (Å²) >= 11 is 3.01. The van der Waals surface area contributed by atoms with Crippen LogP contribution in [-0.4, -0.2) is 15.7 Å². The van der Waals surface area contributed by atoms with Gasteiger partial charge in [-0.3, -0.25) is 9.48 Å². The topological polar surface area (TPSA) is 46.9 Å². The lowest BCUT2D eigenvalue weighted by Crippen LogP contribution is -2.32. The Balaban J connectivity index is 1.79. The van der Waals surface area contributed by atoms with Crippen LogP contribution < -0.4 is 5.32 Å². The maximum Gasteiger partial charge on any atom is 0.436 e. The lowest BCUT2D eigenvalue weighted by Gasteiger charge is -2.16. The highest BCUT2D eigenvalue weighted by Crippen LogP contribution is 2.47. The van der Waals surface area contributed by atoms with Crippen LogP contribution in [0.5, 0.6) is 0 Å². The summed E-state index contributed by atoms with van der Waals surface area (Å²) in [6.45, 7) is 1.66. The minimum Gasteiger partial charge on any atom is -0.350 e. The molecular weight excluding hydrogens is 418 g/mol. The fourth-order valence-electron chi connectivity index (χ4n) is 2.68. The number of hydrogen-bond donors (Lipinski definition) is 1. The summed E-state index contributed by atoms with van der Waals surface area (Å²) in [4.78, 5) is 12.4. The molecule has 2 aromatic rings. The third kappa shape index (κ3) is 3.92. The second-order valence-electron chi connectivity index (χ2n) is 6.28. The number of carbonyl (C=O) groups is 1. The monoisotopic (exact) mass is 433 g/mol. The zero-order valence-corrected chi connectivity index (χ0v) is 15.4. The first kappa shape index (κ1) is 18.9. The van der Waals surface area contributed by atoms with Crippen LogP contribution >= 0.6 is 15.9 Å². The van der Waals surface area contributed by atoms with Crippen molar-refractivity contribution in [3.63, 3.8) is 0 Å². The van der Waals surface area contributed by atoms with Crippen LogP contribution in [0.1, 0.15) is 48.7 Å². The normalized spacial score (nSPS) is 15.8. The molecule has 1 unspecified atom stereocenters. The molecule has 140 valence electrons. The van der Waals surface area contributed by atoms with Crippen molar-refractivity contribution < 1.29 is 22.4 Å². The van der Waals surface area contributed by atoms with E-state index in [2.05, 4.69) is 26.3 Å². The minimum absolute atomic E-state index is 0.0275. The molecule has 1 fully saturated rings. The van der Waals surface area contributed by atoms with Gasteiger partial charge in [0.2, 0.25) is 5.91 Å². The molecule has 0 radical (unpaired) electrons. The molecule has 9 heteroatoms. The summed E-state index contributed by atoms with van der Waals surface area (Å²) in [6, 6.07) is 4.70. The molecule has 1 heterocycles. The number of hydrogen-bond acceptors (Lipinski definition) is 2. The van der Waals surface area contributed by atoms with Crippen molar-refractivity contribution in [2.24, 2.45) is 0 Å². The molecule has 1 aliphatic rings. The van der Waals surface area contributed by atoms with Crippen molar-refractivity contribution in [2.75, 3.05) is 0 Å². The quantitative estimate of drug-likeness (QED) is 0.702. The van der Waals surface area contributed by atoms with Crippen LogP contribution in [0.2, 0.25) is 0 Å². The molecule has 1 amide bonds. The zero-order chi connectivity index (χ0) is 19.1. The number of nitrogens with one attached hydrogen (secondary N) is 1. The van der Waals surface area contributed by atoms with Crippen molar-refractivity contribution in [2.45, 2.75) is 44.4 Å². The predicted octanol–water partition coefficient (Wildman–Crippen LogP) is 4.56. The van der Waals surface area contributed by atoms with E-state index in [4.69, 9.17) is 0 Å².